The van der Waals surface area contributed by atoms with Crippen LogP contribution in [0.15, 0.2) is 5.16 Å². The number of oxime groups is 1. The SMILES string of the molecule is CC(C)(C)C(CCO)NCCC(N)=NO. The molecule has 15 heavy (non-hydrogen) atoms. The number of aliphatic hydroxyl groups is 1. The van der Waals surface area contributed by atoms with Crippen molar-refractivity contribution in [1.82, 2.24) is 5.32 Å². The Kier molecular flexibility index (Phi) is 6.27. The molecule has 1 atom stereocenters. The monoisotopic (exact) mass is 217 g/mol. The molecule has 0 radical (unpaired) electrons. The number of nitrogens with one attached hydrogen (secondary N) is 1. The number of nitrogens with two attached hydrogens (primary N) is 1. The standard InChI is InChI=1S/C10H23N3O2/c1-10(2,3)8(5-7-14)12-6-4-9(11)13-15/h8,12,14-15H,4-7H2,1-3H3,(H2,11,13). The van der Waals surface area contributed by atoms with E-state index in [1.165, 1.54) is 0 Å². The van der Waals surface area contributed by atoms with Crippen molar-refractivity contribution in [3.8, 4) is 0 Å². The predicted octanol–water partition coefficient (Wildman–Crippen LogP) is 0.510. The molecule has 0 amide bonds. The molecule has 0 aromatic heterocycles. The maximum atomic E-state index is 8.93. The fourth-order valence-electron chi connectivity index (χ4n) is 1.39. The van der Waals surface area contributed by atoms with Crippen LogP contribution >= 0.6 is 0 Å². The lowest BCUT2D eigenvalue weighted by atomic mass is 9.85. The first-order valence-corrected chi connectivity index (χ1v) is 5.22. The zero-order chi connectivity index (χ0) is 11.9. The van der Waals surface area contributed by atoms with Crippen LogP contribution in [0.4, 0.5) is 0 Å². The molecule has 0 heterocycles. The molecule has 0 spiro atoms. The highest BCUT2D eigenvalue weighted by Gasteiger charge is 2.23. The third-order valence-electron chi connectivity index (χ3n) is 2.36. The Morgan fingerprint density at radius 1 is 1.47 bits per heavy atom. The minimum atomic E-state index is 0.0911. The maximum Gasteiger partial charge on any atom is 0.140 e. The summed E-state index contributed by atoms with van der Waals surface area (Å²) in [6.45, 7) is 7.16. The molecule has 0 fully saturated rings. The van der Waals surface area contributed by atoms with Crippen LogP contribution in [0.5, 0.6) is 0 Å². The second-order valence-corrected chi connectivity index (χ2v) is 4.73. The van der Waals surface area contributed by atoms with E-state index in [1.54, 1.807) is 0 Å². The summed E-state index contributed by atoms with van der Waals surface area (Å²) in [6, 6.07) is 0.231. The van der Waals surface area contributed by atoms with Crippen LogP contribution in [0.25, 0.3) is 0 Å². The highest BCUT2D eigenvalue weighted by Crippen LogP contribution is 2.21. The minimum Gasteiger partial charge on any atom is -0.409 e. The molecular weight excluding hydrogens is 194 g/mol. The zero-order valence-electron chi connectivity index (χ0n) is 9.82. The molecule has 0 saturated carbocycles. The van der Waals surface area contributed by atoms with Crippen molar-refractivity contribution in [3.05, 3.63) is 0 Å². The molecule has 0 aliphatic heterocycles. The lowest BCUT2D eigenvalue weighted by molar-refractivity contribution is 0.198. The van der Waals surface area contributed by atoms with Crippen molar-refractivity contribution in [2.45, 2.75) is 39.7 Å². The van der Waals surface area contributed by atoms with E-state index in [9.17, 15) is 0 Å². The van der Waals surface area contributed by atoms with Crippen molar-refractivity contribution < 1.29 is 10.3 Å². The molecule has 0 rings (SSSR count). The molecule has 5 nitrogen and oxygen atoms in total. The topological polar surface area (TPSA) is 90.9 Å². The first-order valence-electron chi connectivity index (χ1n) is 5.22. The Morgan fingerprint density at radius 2 is 2.07 bits per heavy atom. The van der Waals surface area contributed by atoms with E-state index < -0.39 is 0 Å². The van der Waals surface area contributed by atoms with E-state index in [0.717, 1.165) is 0 Å². The predicted molar refractivity (Wildman–Crippen MR) is 61.0 cm³/mol. The number of nitrogens with zero attached hydrogens (tertiary/aromatic N) is 1. The lowest BCUT2D eigenvalue weighted by Crippen LogP contribution is -2.42. The first kappa shape index (κ1) is 14.2. The number of hydrogen-bond acceptors (Lipinski definition) is 4. The number of aliphatic hydroxyl groups excluding tert-OH is 1. The molecule has 0 aliphatic rings. The van der Waals surface area contributed by atoms with Gasteiger partial charge in [-0.2, -0.15) is 0 Å². The summed E-state index contributed by atoms with van der Waals surface area (Å²) in [7, 11) is 0. The molecule has 0 saturated heterocycles. The summed E-state index contributed by atoms with van der Waals surface area (Å²) in [5, 5.41) is 23.5. The molecular formula is C10H23N3O2. The smallest absolute Gasteiger partial charge is 0.140 e. The number of rotatable bonds is 6. The van der Waals surface area contributed by atoms with Gasteiger partial charge in [0.1, 0.15) is 5.84 Å². The van der Waals surface area contributed by atoms with Crippen LogP contribution in [0, 0.1) is 5.41 Å². The third-order valence-corrected chi connectivity index (χ3v) is 2.36. The average molecular weight is 217 g/mol. The third kappa shape index (κ3) is 6.30. The van der Waals surface area contributed by atoms with Gasteiger partial charge in [0.25, 0.3) is 0 Å². The number of hydrogen-bond donors (Lipinski definition) is 4. The summed E-state index contributed by atoms with van der Waals surface area (Å²) in [5.41, 5.74) is 5.44. The highest BCUT2D eigenvalue weighted by atomic mass is 16.4. The lowest BCUT2D eigenvalue weighted by Gasteiger charge is -2.31. The van der Waals surface area contributed by atoms with Gasteiger partial charge < -0.3 is 21.4 Å². The van der Waals surface area contributed by atoms with Gasteiger partial charge in [0.05, 0.1) is 0 Å². The van der Waals surface area contributed by atoms with Crippen LogP contribution in [-0.4, -0.2) is 35.3 Å². The molecule has 0 aromatic rings. The first-order chi connectivity index (χ1) is 6.91. The van der Waals surface area contributed by atoms with Gasteiger partial charge >= 0.3 is 0 Å². The van der Waals surface area contributed by atoms with Crippen LogP contribution in [-0.2, 0) is 0 Å². The largest absolute Gasteiger partial charge is 0.409 e. The Bertz CT molecular complexity index is 199. The molecule has 0 aliphatic carbocycles. The maximum absolute atomic E-state index is 8.93. The van der Waals surface area contributed by atoms with E-state index in [1.807, 2.05) is 0 Å². The van der Waals surface area contributed by atoms with Gasteiger partial charge in [0, 0.05) is 25.6 Å². The van der Waals surface area contributed by atoms with E-state index in [2.05, 4.69) is 31.2 Å². The van der Waals surface area contributed by atoms with E-state index in [4.69, 9.17) is 16.0 Å². The minimum absolute atomic E-state index is 0.0911. The fraction of sp³-hybridized carbons (Fsp3) is 0.900. The summed E-state index contributed by atoms with van der Waals surface area (Å²) in [5.74, 6) is 0.221. The van der Waals surface area contributed by atoms with Gasteiger partial charge in [-0.05, 0) is 11.8 Å². The second-order valence-electron chi connectivity index (χ2n) is 4.73. The normalized spacial score (nSPS) is 15.3. The van der Waals surface area contributed by atoms with Gasteiger partial charge in [-0.3, -0.25) is 0 Å². The summed E-state index contributed by atoms with van der Waals surface area (Å²) in [4.78, 5) is 0. The molecule has 0 bridgehead atoms. The zero-order valence-corrected chi connectivity index (χ0v) is 9.82. The van der Waals surface area contributed by atoms with Gasteiger partial charge in [0.15, 0.2) is 0 Å². The Balaban J connectivity index is 3.97. The molecule has 0 aromatic carbocycles. The van der Waals surface area contributed by atoms with Crippen LogP contribution in [0.3, 0.4) is 0 Å². The molecule has 5 heteroatoms. The van der Waals surface area contributed by atoms with E-state index in [0.29, 0.717) is 19.4 Å². The Hall–Kier alpha value is -0.810. The van der Waals surface area contributed by atoms with E-state index >= 15 is 0 Å². The fourth-order valence-corrected chi connectivity index (χ4v) is 1.39. The van der Waals surface area contributed by atoms with Gasteiger partial charge in [-0.1, -0.05) is 25.9 Å². The summed E-state index contributed by atoms with van der Waals surface area (Å²) in [6.07, 6.45) is 1.22. The van der Waals surface area contributed by atoms with Gasteiger partial charge in [-0.25, -0.2) is 0 Å². The average Bonchev–Trinajstić information content (AvgIpc) is 2.14. The van der Waals surface area contributed by atoms with Crippen molar-refractivity contribution in [2.75, 3.05) is 13.2 Å². The highest BCUT2D eigenvalue weighted by molar-refractivity contribution is 5.79. The second kappa shape index (κ2) is 6.63. The summed E-state index contributed by atoms with van der Waals surface area (Å²) >= 11 is 0. The molecule has 5 N–H and O–H groups in total. The molecule has 1 unspecified atom stereocenters. The van der Waals surface area contributed by atoms with Gasteiger partial charge in [0.2, 0.25) is 0 Å². The van der Waals surface area contributed by atoms with Crippen LogP contribution in [0.1, 0.15) is 33.6 Å². The van der Waals surface area contributed by atoms with Crippen molar-refractivity contribution in [3.63, 3.8) is 0 Å². The van der Waals surface area contributed by atoms with E-state index in [-0.39, 0.29) is 23.9 Å². The van der Waals surface area contributed by atoms with Crippen LogP contribution < -0.4 is 11.1 Å². The quantitative estimate of drug-likeness (QED) is 0.226. The molecule has 90 valence electrons. The van der Waals surface area contributed by atoms with Gasteiger partial charge in [-0.15, -0.1) is 0 Å². The van der Waals surface area contributed by atoms with Crippen LogP contribution in [0.2, 0.25) is 0 Å². The van der Waals surface area contributed by atoms with Crippen molar-refractivity contribution >= 4 is 5.84 Å². The number of amidine groups is 1. The van der Waals surface area contributed by atoms with Crippen molar-refractivity contribution in [1.29, 1.82) is 0 Å². The Morgan fingerprint density at radius 3 is 2.47 bits per heavy atom. The Labute approximate surface area is 91.4 Å². The van der Waals surface area contributed by atoms with Crippen molar-refractivity contribution in [2.24, 2.45) is 16.3 Å². The summed E-state index contributed by atoms with van der Waals surface area (Å²) < 4.78 is 0.